The van der Waals surface area contributed by atoms with Crippen LogP contribution in [0.2, 0.25) is 0 Å². The van der Waals surface area contributed by atoms with E-state index in [1.807, 2.05) is 18.7 Å². The minimum absolute atomic E-state index is 0.0373. The molecule has 1 rings (SSSR count). The van der Waals surface area contributed by atoms with Crippen molar-refractivity contribution in [2.75, 3.05) is 32.7 Å². The minimum Gasteiger partial charge on any atom is -0.356 e. The molecule has 1 aliphatic rings. The highest BCUT2D eigenvalue weighted by Crippen LogP contribution is 2.17. The Hall–Kier alpha value is -1.63. The number of unbranched alkanes of at least 4 members (excludes halogenated alkanes) is 2. The van der Waals surface area contributed by atoms with Crippen LogP contribution in [-0.4, -0.2) is 55.5 Å². The lowest BCUT2D eigenvalue weighted by Crippen LogP contribution is -2.48. The van der Waals surface area contributed by atoms with Crippen LogP contribution in [0.4, 0.5) is 4.79 Å². The molecule has 4 amide bonds. The second kappa shape index (κ2) is 11.8. The van der Waals surface area contributed by atoms with Gasteiger partial charge >= 0.3 is 6.03 Å². The molecule has 1 aliphatic heterocycles. The van der Waals surface area contributed by atoms with Crippen molar-refractivity contribution in [1.29, 1.82) is 0 Å². The van der Waals surface area contributed by atoms with Crippen molar-refractivity contribution in [3.8, 4) is 0 Å². The number of nitrogens with zero attached hydrogens (tertiary/aromatic N) is 1. The molecule has 144 valence electrons. The molecule has 0 saturated carbocycles. The van der Waals surface area contributed by atoms with Crippen molar-refractivity contribution < 1.29 is 14.4 Å². The molecule has 1 heterocycles. The SMILES string of the molecule is CCCCCNC(=O)C1CCN(CC(=O)NC(=O)NCC(C)C)CC1. The van der Waals surface area contributed by atoms with Crippen LogP contribution in [0.1, 0.15) is 52.9 Å². The smallest absolute Gasteiger partial charge is 0.321 e. The molecule has 1 saturated heterocycles. The van der Waals surface area contributed by atoms with E-state index < -0.39 is 6.03 Å². The quantitative estimate of drug-likeness (QED) is 0.547. The van der Waals surface area contributed by atoms with Gasteiger partial charge in [-0.1, -0.05) is 33.6 Å². The van der Waals surface area contributed by atoms with Gasteiger partial charge in [-0.05, 0) is 38.3 Å². The van der Waals surface area contributed by atoms with E-state index in [0.29, 0.717) is 25.6 Å². The second-order valence-electron chi connectivity index (χ2n) is 7.20. The van der Waals surface area contributed by atoms with Crippen LogP contribution in [0.25, 0.3) is 0 Å². The molecule has 0 aromatic heterocycles. The van der Waals surface area contributed by atoms with Gasteiger partial charge in [0.05, 0.1) is 6.54 Å². The molecule has 0 unspecified atom stereocenters. The van der Waals surface area contributed by atoms with Gasteiger partial charge in [0.2, 0.25) is 11.8 Å². The lowest BCUT2D eigenvalue weighted by Gasteiger charge is -2.30. The zero-order chi connectivity index (χ0) is 18.7. The topological polar surface area (TPSA) is 90.5 Å². The van der Waals surface area contributed by atoms with Crippen molar-refractivity contribution in [3.05, 3.63) is 0 Å². The largest absolute Gasteiger partial charge is 0.356 e. The van der Waals surface area contributed by atoms with Gasteiger partial charge in [0.1, 0.15) is 0 Å². The van der Waals surface area contributed by atoms with E-state index in [9.17, 15) is 14.4 Å². The Morgan fingerprint density at radius 2 is 1.76 bits per heavy atom. The minimum atomic E-state index is -0.444. The van der Waals surface area contributed by atoms with E-state index in [2.05, 4.69) is 22.9 Å². The summed E-state index contributed by atoms with van der Waals surface area (Å²) in [6.07, 6.45) is 4.82. The highest BCUT2D eigenvalue weighted by Gasteiger charge is 2.25. The van der Waals surface area contributed by atoms with E-state index in [-0.39, 0.29) is 24.3 Å². The summed E-state index contributed by atoms with van der Waals surface area (Å²) in [4.78, 5) is 37.6. The molecular weight excluding hydrogens is 320 g/mol. The molecule has 0 atom stereocenters. The van der Waals surface area contributed by atoms with E-state index in [0.717, 1.165) is 38.6 Å². The average Bonchev–Trinajstić information content (AvgIpc) is 2.57. The Kier molecular flexibility index (Phi) is 10.1. The van der Waals surface area contributed by atoms with Gasteiger partial charge in [-0.3, -0.25) is 19.8 Å². The van der Waals surface area contributed by atoms with Crippen molar-refractivity contribution >= 4 is 17.8 Å². The summed E-state index contributed by atoms with van der Waals surface area (Å²) in [7, 11) is 0. The Morgan fingerprint density at radius 1 is 1.08 bits per heavy atom. The third-order valence-electron chi connectivity index (χ3n) is 4.33. The third kappa shape index (κ3) is 9.43. The predicted molar refractivity (Wildman–Crippen MR) is 98.1 cm³/mol. The number of carbonyl (C=O) groups excluding carboxylic acids is 3. The lowest BCUT2D eigenvalue weighted by atomic mass is 9.96. The van der Waals surface area contributed by atoms with E-state index in [1.54, 1.807) is 0 Å². The van der Waals surface area contributed by atoms with Gasteiger partial charge in [0, 0.05) is 19.0 Å². The fraction of sp³-hybridized carbons (Fsp3) is 0.833. The lowest BCUT2D eigenvalue weighted by molar-refractivity contribution is -0.126. The summed E-state index contributed by atoms with van der Waals surface area (Å²) in [6, 6.07) is -0.444. The number of carbonyl (C=O) groups is 3. The molecule has 7 heteroatoms. The number of amides is 4. The highest BCUT2D eigenvalue weighted by molar-refractivity contribution is 5.95. The summed E-state index contributed by atoms with van der Waals surface area (Å²) < 4.78 is 0. The maximum absolute atomic E-state index is 12.1. The fourth-order valence-electron chi connectivity index (χ4n) is 2.79. The maximum atomic E-state index is 12.1. The maximum Gasteiger partial charge on any atom is 0.321 e. The zero-order valence-electron chi connectivity index (χ0n) is 15.9. The van der Waals surface area contributed by atoms with Gasteiger partial charge in [0.25, 0.3) is 0 Å². The standard InChI is InChI=1S/C18H34N4O3/c1-4-5-6-9-19-17(24)15-7-10-22(11-8-15)13-16(23)21-18(25)20-12-14(2)3/h14-15H,4-13H2,1-3H3,(H,19,24)(H2,20,21,23,25). The molecule has 0 bridgehead atoms. The molecule has 3 N–H and O–H groups in total. The first kappa shape index (κ1) is 21.4. The number of hydrogen-bond donors (Lipinski definition) is 3. The molecule has 7 nitrogen and oxygen atoms in total. The van der Waals surface area contributed by atoms with Crippen LogP contribution in [-0.2, 0) is 9.59 Å². The third-order valence-corrected chi connectivity index (χ3v) is 4.33. The number of rotatable bonds is 9. The summed E-state index contributed by atoms with van der Waals surface area (Å²) in [5, 5.41) is 8.01. The van der Waals surface area contributed by atoms with Crippen LogP contribution in [0.3, 0.4) is 0 Å². The first-order chi connectivity index (χ1) is 11.9. The Morgan fingerprint density at radius 3 is 2.36 bits per heavy atom. The fourth-order valence-corrected chi connectivity index (χ4v) is 2.79. The van der Waals surface area contributed by atoms with Gasteiger partial charge < -0.3 is 10.6 Å². The zero-order valence-corrected chi connectivity index (χ0v) is 15.9. The number of imide groups is 1. The molecular formula is C18H34N4O3. The summed E-state index contributed by atoms with van der Waals surface area (Å²) in [5.74, 6) is 0.209. The number of urea groups is 1. The van der Waals surface area contributed by atoms with E-state index >= 15 is 0 Å². The Labute approximate surface area is 151 Å². The summed E-state index contributed by atoms with van der Waals surface area (Å²) in [5.41, 5.74) is 0. The van der Waals surface area contributed by atoms with Crippen LogP contribution < -0.4 is 16.0 Å². The van der Waals surface area contributed by atoms with Gasteiger partial charge in [-0.25, -0.2) is 4.79 Å². The van der Waals surface area contributed by atoms with Crippen LogP contribution in [0, 0.1) is 11.8 Å². The van der Waals surface area contributed by atoms with Gasteiger partial charge in [-0.2, -0.15) is 0 Å². The molecule has 0 spiro atoms. The van der Waals surface area contributed by atoms with Gasteiger partial charge in [0.15, 0.2) is 0 Å². The van der Waals surface area contributed by atoms with Crippen LogP contribution in [0.15, 0.2) is 0 Å². The van der Waals surface area contributed by atoms with Gasteiger partial charge in [-0.15, -0.1) is 0 Å². The predicted octanol–water partition coefficient (Wildman–Crippen LogP) is 1.49. The molecule has 1 fully saturated rings. The number of hydrogen-bond acceptors (Lipinski definition) is 4. The Balaban J connectivity index is 2.20. The van der Waals surface area contributed by atoms with Crippen molar-refractivity contribution in [2.24, 2.45) is 11.8 Å². The molecule has 0 aliphatic carbocycles. The molecule has 0 radical (unpaired) electrons. The number of piperidine rings is 1. The number of nitrogens with one attached hydrogen (secondary N) is 3. The van der Waals surface area contributed by atoms with Crippen molar-refractivity contribution in [2.45, 2.75) is 52.9 Å². The van der Waals surface area contributed by atoms with Crippen molar-refractivity contribution in [3.63, 3.8) is 0 Å². The Bertz CT molecular complexity index is 432. The normalized spacial score (nSPS) is 15.8. The van der Waals surface area contributed by atoms with Crippen LogP contribution in [0.5, 0.6) is 0 Å². The monoisotopic (exact) mass is 354 g/mol. The van der Waals surface area contributed by atoms with E-state index in [4.69, 9.17) is 0 Å². The first-order valence-electron chi connectivity index (χ1n) is 9.50. The van der Waals surface area contributed by atoms with Crippen LogP contribution >= 0.6 is 0 Å². The molecule has 0 aromatic carbocycles. The first-order valence-corrected chi connectivity index (χ1v) is 9.50. The number of likely N-dealkylation sites (tertiary alicyclic amines) is 1. The molecule has 0 aromatic rings. The van der Waals surface area contributed by atoms with E-state index in [1.165, 1.54) is 0 Å². The highest BCUT2D eigenvalue weighted by atomic mass is 16.2. The summed E-state index contributed by atoms with van der Waals surface area (Å²) in [6.45, 7) is 9.01. The van der Waals surface area contributed by atoms with Crippen molar-refractivity contribution in [1.82, 2.24) is 20.9 Å². The second-order valence-corrected chi connectivity index (χ2v) is 7.20. The molecule has 25 heavy (non-hydrogen) atoms. The summed E-state index contributed by atoms with van der Waals surface area (Å²) >= 11 is 0. The average molecular weight is 354 g/mol.